The quantitative estimate of drug-likeness (QED) is 0.798. The van der Waals surface area contributed by atoms with Crippen molar-refractivity contribution in [3.63, 3.8) is 0 Å². The lowest BCUT2D eigenvalue weighted by Crippen LogP contribution is -2.52. The van der Waals surface area contributed by atoms with Crippen molar-refractivity contribution >= 4 is 30.1 Å². The van der Waals surface area contributed by atoms with Gasteiger partial charge in [0.25, 0.3) is 0 Å². The average Bonchev–Trinajstić information content (AvgIpc) is 2.86. The summed E-state index contributed by atoms with van der Waals surface area (Å²) in [5, 5.41) is 0. The number of benzene rings is 1. The molecule has 3 aliphatic heterocycles. The van der Waals surface area contributed by atoms with Crippen LogP contribution in [0, 0.1) is 0 Å². The van der Waals surface area contributed by atoms with Crippen LogP contribution in [0.2, 0.25) is 0 Å². The predicted molar refractivity (Wildman–Crippen MR) is 97.2 cm³/mol. The summed E-state index contributed by atoms with van der Waals surface area (Å²) in [7, 11) is 1.95. The van der Waals surface area contributed by atoms with Gasteiger partial charge in [0.05, 0.1) is 10.6 Å². The Labute approximate surface area is 153 Å². The lowest BCUT2D eigenvalue weighted by molar-refractivity contribution is -0.129. The molecule has 3 heterocycles. The number of likely N-dealkylation sites (tertiary alicyclic amines) is 1. The molecule has 1 aromatic rings. The van der Waals surface area contributed by atoms with Gasteiger partial charge in [0.15, 0.2) is 11.5 Å². The summed E-state index contributed by atoms with van der Waals surface area (Å²) < 4.78 is 11.8. The molecule has 3 aliphatic rings. The van der Waals surface area contributed by atoms with Crippen molar-refractivity contribution in [1.82, 2.24) is 9.80 Å². The number of rotatable bonds is 2. The summed E-state index contributed by atoms with van der Waals surface area (Å²) in [6.45, 7) is 3.50. The van der Waals surface area contributed by atoms with E-state index in [1.54, 1.807) is 0 Å². The Kier molecular flexibility index (Phi) is 5.18. The van der Waals surface area contributed by atoms with Crippen molar-refractivity contribution in [1.29, 1.82) is 0 Å². The summed E-state index contributed by atoms with van der Waals surface area (Å²) in [6.07, 6.45) is 2.14. The first-order valence-electron chi connectivity index (χ1n) is 8.18. The van der Waals surface area contributed by atoms with Gasteiger partial charge in [-0.25, -0.2) is 0 Å². The van der Waals surface area contributed by atoms with Crippen LogP contribution < -0.4 is 9.47 Å². The van der Waals surface area contributed by atoms with Crippen LogP contribution in [0.5, 0.6) is 11.5 Å². The molecule has 7 heteroatoms. The highest BCUT2D eigenvalue weighted by Gasteiger charge is 2.46. The molecule has 2 saturated heterocycles. The molecular weight excluding hydrogens is 348 g/mol. The largest absolute Gasteiger partial charge is 0.486 e. The second-order valence-electron chi connectivity index (χ2n) is 6.49. The highest BCUT2D eigenvalue weighted by Crippen LogP contribution is 2.43. The van der Waals surface area contributed by atoms with Crippen LogP contribution in [-0.2, 0) is 4.79 Å². The van der Waals surface area contributed by atoms with Crippen molar-refractivity contribution in [3.8, 4) is 11.5 Å². The van der Waals surface area contributed by atoms with Gasteiger partial charge in [-0.2, -0.15) is 0 Å². The van der Waals surface area contributed by atoms with E-state index in [9.17, 15) is 4.79 Å². The molecule has 1 unspecified atom stereocenters. The van der Waals surface area contributed by atoms with E-state index in [4.69, 9.17) is 9.47 Å². The summed E-state index contributed by atoms with van der Waals surface area (Å²) >= 11 is 1.81. The minimum absolute atomic E-state index is 0. The first kappa shape index (κ1) is 17.7. The molecule has 1 atom stereocenters. The van der Waals surface area contributed by atoms with E-state index in [0.717, 1.165) is 44.0 Å². The van der Waals surface area contributed by atoms with Crippen LogP contribution in [-0.4, -0.2) is 65.7 Å². The fourth-order valence-corrected chi connectivity index (χ4v) is 4.98. The van der Waals surface area contributed by atoms with Crippen molar-refractivity contribution in [3.05, 3.63) is 24.3 Å². The summed E-state index contributed by atoms with van der Waals surface area (Å²) in [4.78, 5) is 16.2. The molecule has 1 amide bonds. The zero-order valence-electron chi connectivity index (χ0n) is 13.8. The minimum Gasteiger partial charge on any atom is -0.486 e. The van der Waals surface area contributed by atoms with Gasteiger partial charge in [-0.15, -0.1) is 24.2 Å². The third-order valence-corrected chi connectivity index (χ3v) is 6.73. The lowest BCUT2D eigenvalue weighted by Gasteiger charge is -2.43. The van der Waals surface area contributed by atoms with Gasteiger partial charge in [-0.05, 0) is 25.0 Å². The van der Waals surface area contributed by atoms with E-state index in [1.165, 1.54) is 0 Å². The normalized spacial score (nSPS) is 25.6. The first-order valence-corrected chi connectivity index (χ1v) is 9.16. The third-order valence-electron chi connectivity index (χ3n) is 5.12. The second kappa shape index (κ2) is 7.02. The number of amides is 1. The van der Waals surface area contributed by atoms with Gasteiger partial charge in [-0.3, -0.25) is 9.69 Å². The zero-order chi connectivity index (χ0) is 15.9. The molecule has 132 valence electrons. The van der Waals surface area contributed by atoms with E-state index in [2.05, 4.69) is 4.90 Å². The molecule has 0 saturated carbocycles. The lowest BCUT2D eigenvalue weighted by atomic mass is 10.0. The molecule has 0 bridgehead atoms. The number of piperidine rings is 1. The molecule has 5 nitrogen and oxygen atoms in total. The van der Waals surface area contributed by atoms with Gasteiger partial charge in [0.2, 0.25) is 5.91 Å². The maximum atomic E-state index is 11.8. The fraction of sp³-hybridized carbons (Fsp3) is 0.588. The highest BCUT2D eigenvalue weighted by atomic mass is 35.5. The van der Waals surface area contributed by atoms with Crippen LogP contribution in [0.1, 0.15) is 12.8 Å². The van der Waals surface area contributed by atoms with Crippen LogP contribution in [0.25, 0.3) is 0 Å². The molecule has 0 aliphatic carbocycles. The second-order valence-corrected chi connectivity index (χ2v) is 7.82. The van der Waals surface area contributed by atoms with Crippen LogP contribution >= 0.6 is 24.2 Å². The molecule has 1 aromatic carbocycles. The number of hydrogen-bond donors (Lipinski definition) is 0. The average molecular weight is 371 g/mol. The summed E-state index contributed by atoms with van der Waals surface area (Å²) in [5.74, 6) is 2.58. The van der Waals surface area contributed by atoms with Crippen LogP contribution in [0.15, 0.2) is 24.3 Å². The number of carbonyl (C=O) groups is 1. The number of para-hydroxylation sites is 2. The van der Waals surface area contributed by atoms with E-state index >= 15 is 0 Å². The molecule has 0 aromatic heterocycles. The molecule has 0 radical (unpaired) electrons. The van der Waals surface area contributed by atoms with E-state index in [0.29, 0.717) is 12.4 Å². The monoisotopic (exact) mass is 370 g/mol. The maximum Gasteiger partial charge on any atom is 0.233 e. The highest BCUT2D eigenvalue weighted by molar-refractivity contribution is 8.01. The number of halogens is 1. The molecule has 1 spiro atoms. The predicted octanol–water partition coefficient (Wildman–Crippen LogP) is 2.25. The van der Waals surface area contributed by atoms with Gasteiger partial charge in [0.1, 0.15) is 12.7 Å². The Bertz CT molecular complexity index is 607. The molecular formula is C17H23ClN2O3S. The Morgan fingerprint density at radius 3 is 2.62 bits per heavy atom. The van der Waals surface area contributed by atoms with Crippen molar-refractivity contribution in [2.24, 2.45) is 0 Å². The Morgan fingerprint density at radius 1 is 1.25 bits per heavy atom. The van der Waals surface area contributed by atoms with Gasteiger partial charge < -0.3 is 14.4 Å². The molecule has 2 fully saturated rings. The summed E-state index contributed by atoms with van der Waals surface area (Å²) in [5.41, 5.74) is 0. The maximum absolute atomic E-state index is 11.8. The van der Waals surface area contributed by atoms with E-state index in [1.807, 2.05) is 48.0 Å². The first-order chi connectivity index (χ1) is 11.2. The van der Waals surface area contributed by atoms with Gasteiger partial charge in [0, 0.05) is 26.7 Å². The minimum atomic E-state index is 0. The van der Waals surface area contributed by atoms with Gasteiger partial charge >= 0.3 is 0 Å². The van der Waals surface area contributed by atoms with Gasteiger partial charge in [-0.1, -0.05) is 12.1 Å². The van der Waals surface area contributed by atoms with Crippen molar-refractivity contribution in [2.75, 3.05) is 39.0 Å². The number of thioether (sulfide) groups is 1. The number of hydrogen-bond acceptors (Lipinski definition) is 5. The fourth-order valence-electron chi connectivity index (χ4n) is 3.62. The Balaban J connectivity index is 0.00000169. The van der Waals surface area contributed by atoms with Crippen molar-refractivity contribution in [2.45, 2.75) is 23.8 Å². The number of nitrogens with zero attached hydrogens (tertiary/aromatic N) is 2. The standard InChI is InChI=1S/C17H22N2O3S.ClH/c1-18-16(20)12-23-17(18)6-8-19(9-7-17)10-13-11-21-14-4-2-3-5-15(14)22-13;/h2-5,13H,6-12H2,1H3;1H. The Morgan fingerprint density at radius 2 is 1.96 bits per heavy atom. The topological polar surface area (TPSA) is 42.0 Å². The van der Waals surface area contributed by atoms with E-state index < -0.39 is 0 Å². The number of ether oxygens (including phenoxy) is 2. The van der Waals surface area contributed by atoms with Crippen LogP contribution in [0.4, 0.5) is 0 Å². The number of carbonyl (C=O) groups excluding carboxylic acids is 1. The van der Waals surface area contributed by atoms with Crippen LogP contribution in [0.3, 0.4) is 0 Å². The van der Waals surface area contributed by atoms with Crippen molar-refractivity contribution < 1.29 is 14.3 Å². The molecule has 0 N–H and O–H groups in total. The Hall–Kier alpha value is -1.11. The third kappa shape index (κ3) is 3.19. The SMILES string of the molecule is CN1C(=O)CSC12CCN(CC1COc3ccccc3O1)CC2.Cl. The summed E-state index contributed by atoms with van der Waals surface area (Å²) in [6, 6.07) is 7.84. The zero-order valence-corrected chi connectivity index (χ0v) is 15.4. The number of fused-ring (bicyclic) bond motifs is 1. The van der Waals surface area contributed by atoms with E-state index in [-0.39, 0.29) is 29.3 Å². The smallest absolute Gasteiger partial charge is 0.233 e. The molecule has 4 rings (SSSR count). The molecule has 24 heavy (non-hydrogen) atoms.